The van der Waals surface area contributed by atoms with Crippen LogP contribution in [0.15, 0.2) is 18.2 Å². The second kappa shape index (κ2) is 5.63. The van der Waals surface area contributed by atoms with Gasteiger partial charge in [0.2, 0.25) is 0 Å². The monoisotopic (exact) mass is 292 g/mol. The molecule has 1 aliphatic rings. The Labute approximate surface area is 121 Å². The molecule has 106 valence electrons. The van der Waals surface area contributed by atoms with E-state index in [1.807, 2.05) is 6.26 Å². The molecule has 1 saturated heterocycles. The standard InChI is InChI=1S/C14H16N2O3S/c1-20-14(9-15)2-4-16(5-3-14)13(19)10-6-11(17)8-12(18)7-10/h6-8,17-18H,2-5H2,1H3. The lowest BCUT2D eigenvalue weighted by Gasteiger charge is -2.36. The van der Waals surface area contributed by atoms with E-state index in [-0.39, 0.29) is 23.0 Å². The summed E-state index contributed by atoms with van der Waals surface area (Å²) in [5, 5.41) is 28.1. The number of nitriles is 1. The number of thioether (sulfide) groups is 1. The van der Waals surface area contributed by atoms with Gasteiger partial charge in [-0.2, -0.15) is 5.26 Å². The lowest BCUT2D eigenvalue weighted by atomic mass is 9.96. The number of piperidine rings is 1. The largest absolute Gasteiger partial charge is 0.508 e. The van der Waals surface area contributed by atoms with E-state index in [9.17, 15) is 20.3 Å². The van der Waals surface area contributed by atoms with Gasteiger partial charge in [0, 0.05) is 24.7 Å². The molecule has 0 bridgehead atoms. The predicted octanol–water partition coefficient (Wildman–Crippen LogP) is 1.96. The van der Waals surface area contributed by atoms with Crippen molar-refractivity contribution in [2.45, 2.75) is 17.6 Å². The molecule has 6 heteroatoms. The number of rotatable bonds is 2. The second-order valence-electron chi connectivity index (χ2n) is 4.84. The minimum atomic E-state index is -0.405. The third kappa shape index (κ3) is 2.83. The van der Waals surface area contributed by atoms with Crippen LogP contribution in [0.25, 0.3) is 0 Å². The van der Waals surface area contributed by atoms with Gasteiger partial charge in [-0.15, -0.1) is 11.8 Å². The number of carbonyl (C=O) groups excluding carboxylic acids is 1. The van der Waals surface area contributed by atoms with Crippen LogP contribution in [0.1, 0.15) is 23.2 Å². The van der Waals surface area contributed by atoms with Crippen molar-refractivity contribution < 1.29 is 15.0 Å². The molecule has 1 heterocycles. The predicted molar refractivity (Wildman–Crippen MR) is 76.8 cm³/mol. The van der Waals surface area contributed by atoms with Crippen LogP contribution in [-0.2, 0) is 0 Å². The first-order valence-electron chi connectivity index (χ1n) is 6.28. The Balaban J connectivity index is 2.11. The normalized spacial score (nSPS) is 17.5. The van der Waals surface area contributed by atoms with E-state index >= 15 is 0 Å². The van der Waals surface area contributed by atoms with Gasteiger partial charge in [0.1, 0.15) is 16.2 Å². The molecule has 1 fully saturated rings. The number of hydrogen-bond donors (Lipinski definition) is 2. The average Bonchev–Trinajstić information content (AvgIpc) is 2.45. The van der Waals surface area contributed by atoms with Crippen LogP contribution >= 0.6 is 11.8 Å². The summed E-state index contributed by atoms with van der Waals surface area (Å²) in [5.74, 6) is -0.509. The van der Waals surface area contributed by atoms with Crippen molar-refractivity contribution in [2.75, 3.05) is 19.3 Å². The van der Waals surface area contributed by atoms with E-state index < -0.39 is 4.75 Å². The van der Waals surface area contributed by atoms with Gasteiger partial charge in [-0.1, -0.05) is 0 Å². The Kier molecular flexibility index (Phi) is 4.09. The Morgan fingerprint density at radius 3 is 2.30 bits per heavy atom. The smallest absolute Gasteiger partial charge is 0.254 e. The number of amides is 1. The molecule has 0 saturated carbocycles. The fourth-order valence-electron chi connectivity index (χ4n) is 2.33. The minimum Gasteiger partial charge on any atom is -0.508 e. The van der Waals surface area contributed by atoms with Gasteiger partial charge in [0.25, 0.3) is 5.91 Å². The lowest BCUT2D eigenvalue weighted by molar-refractivity contribution is 0.0715. The van der Waals surface area contributed by atoms with Crippen molar-refractivity contribution in [1.82, 2.24) is 4.90 Å². The molecule has 0 aliphatic carbocycles. The Bertz CT molecular complexity index is 540. The Hall–Kier alpha value is -1.87. The molecule has 1 aromatic carbocycles. The molecule has 0 aromatic heterocycles. The number of phenolic OH excluding ortho intramolecular Hbond substituents is 2. The van der Waals surface area contributed by atoms with Crippen LogP contribution in [0.5, 0.6) is 11.5 Å². The van der Waals surface area contributed by atoms with Crippen molar-refractivity contribution in [1.29, 1.82) is 5.26 Å². The van der Waals surface area contributed by atoms with E-state index in [0.29, 0.717) is 25.9 Å². The molecule has 0 spiro atoms. The first-order valence-corrected chi connectivity index (χ1v) is 7.51. The fraction of sp³-hybridized carbons (Fsp3) is 0.429. The van der Waals surface area contributed by atoms with Gasteiger partial charge in [0.05, 0.1) is 6.07 Å². The van der Waals surface area contributed by atoms with Crippen molar-refractivity contribution in [3.05, 3.63) is 23.8 Å². The summed E-state index contributed by atoms with van der Waals surface area (Å²) in [6, 6.07) is 6.18. The summed E-state index contributed by atoms with van der Waals surface area (Å²) < 4.78 is -0.405. The molecule has 0 atom stereocenters. The van der Waals surface area contributed by atoms with Crippen molar-refractivity contribution >= 4 is 17.7 Å². The van der Waals surface area contributed by atoms with E-state index in [0.717, 1.165) is 0 Å². The van der Waals surface area contributed by atoms with Gasteiger partial charge < -0.3 is 15.1 Å². The lowest BCUT2D eigenvalue weighted by Crippen LogP contribution is -2.44. The van der Waals surface area contributed by atoms with Crippen LogP contribution < -0.4 is 0 Å². The summed E-state index contributed by atoms with van der Waals surface area (Å²) in [6.45, 7) is 1.01. The zero-order valence-corrected chi connectivity index (χ0v) is 12.0. The molecule has 5 nitrogen and oxygen atoms in total. The van der Waals surface area contributed by atoms with Gasteiger partial charge in [-0.05, 0) is 31.2 Å². The highest BCUT2D eigenvalue weighted by atomic mass is 32.2. The molecule has 1 amide bonds. The van der Waals surface area contributed by atoms with Crippen molar-refractivity contribution in [2.24, 2.45) is 0 Å². The summed E-state index contributed by atoms with van der Waals surface area (Å²) in [7, 11) is 0. The van der Waals surface area contributed by atoms with Crippen LogP contribution in [-0.4, -0.2) is 45.1 Å². The topological polar surface area (TPSA) is 84.6 Å². The molecule has 2 rings (SSSR count). The van der Waals surface area contributed by atoms with Crippen molar-refractivity contribution in [3.8, 4) is 17.6 Å². The molecule has 0 unspecified atom stereocenters. The first-order chi connectivity index (χ1) is 9.49. The Morgan fingerprint density at radius 1 is 1.30 bits per heavy atom. The highest BCUT2D eigenvalue weighted by Gasteiger charge is 2.35. The van der Waals surface area contributed by atoms with Crippen LogP contribution in [0.4, 0.5) is 0 Å². The Morgan fingerprint density at radius 2 is 1.85 bits per heavy atom. The number of likely N-dealkylation sites (tertiary alicyclic amines) is 1. The zero-order chi connectivity index (χ0) is 14.8. The molecular weight excluding hydrogens is 276 g/mol. The number of benzene rings is 1. The number of aromatic hydroxyl groups is 2. The molecule has 2 N–H and O–H groups in total. The first kappa shape index (κ1) is 14.5. The van der Waals surface area contributed by atoms with E-state index in [1.165, 1.54) is 30.0 Å². The van der Waals surface area contributed by atoms with Gasteiger partial charge >= 0.3 is 0 Å². The number of carbonyl (C=O) groups is 1. The zero-order valence-electron chi connectivity index (χ0n) is 11.2. The fourth-order valence-corrected chi connectivity index (χ4v) is 3.02. The molecule has 1 aromatic rings. The van der Waals surface area contributed by atoms with Crippen LogP contribution in [0.2, 0.25) is 0 Å². The highest BCUT2D eigenvalue weighted by molar-refractivity contribution is 8.00. The second-order valence-corrected chi connectivity index (χ2v) is 6.03. The van der Waals surface area contributed by atoms with Crippen LogP contribution in [0.3, 0.4) is 0 Å². The van der Waals surface area contributed by atoms with E-state index in [4.69, 9.17) is 0 Å². The number of hydrogen-bond acceptors (Lipinski definition) is 5. The third-order valence-corrected chi connectivity index (χ3v) is 4.88. The van der Waals surface area contributed by atoms with Gasteiger partial charge in [-0.25, -0.2) is 0 Å². The molecular formula is C14H16N2O3S. The quantitative estimate of drug-likeness (QED) is 0.870. The van der Waals surface area contributed by atoms with Crippen molar-refractivity contribution in [3.63, 3.8) is 0 Å². The maximum Gasteiger partial charge on any atom is 0.254 e. The van der Waals surface area contributed by atoms with E-state index in [1.54, 1.807) is 4.90 Å². The summed E-state index contributed by atoms with van der Waals surface area (Å²) in [6.07, 6.45) is 3.16. The SMILES string of the molecule is CSC1(C#N)CCN(C(=O)c2cc(O)cc(O)c2)CC1. The molecule has 20 heavy (non-hydrogen) atoms. The molecule has 0 radical (unpaired) electrons. The number of phenols is 2. The van der Waals surface area contributed by atoms with Crippen LogP contribution in [0, 0.1) is 11.3 Å². The average molecular weight is 292 g/mol. The van der Waals surface area contributed by atoms with Gasteiger partial charge in [0.15, 0.2) is 0 Å². The summed E-state index contributed by atoms with van der Waals surface area (Å²) in [5.41, 5.74) is 0.260. The van der Waals surface area contributed by atoms with E-state index in [2.05, 4.69) is 6.07 Å². The third-order valence-electron chi connectivity index (χ3n) is 3.60. The van der Waals surface area contributed by atoms with Gasteiger partial charge in [-0.3, -0.25) is 4.79 Å². The minimum absolute atomic E-state index is 0.138. The maximum absolute atomic E-state index is 12.3. The number of nitrogens with zero attached hydrogens (tertiary/aromatic N) is 2. The summed E-state index contributed by atoms with van der Waals surface area (Å²) >= 11 is 1.53. The highest BCUT2D eigenvalue weighted by Crippen LogP contribution is 2.34. The maximum atomic E-state index is 12.3. The molecule has 1 aliphatic heterocycles. The summed E-state index contributed by atoms with van der Waals surface area (Å²) in [4.78, 5) is 14.0.